The van der Waals surface area contributed by atoms with E-state index in [0.717, 1.165) is 24.5 Å². The van der Waals surface area contributed by atoms with Crippen molar-refractivity contribution in [3.8, 4) is 0 Å². The van der Waals surface area contributed by atoms with E-state index in [2.05, 4.69) is 20.6 Å². The van der Waals surface area contributed by atoms with E-state index in [0.29, 0.717) is 30.8 Å². The van der Waals surface area contributed by atoms with Crippen LogP contribution in [0.15, 0.2) is 18.2 Å². The quantitative estimate of drug-likeness (QED) is 0.687. The third kappa shape index (κ3) is 5.75. The van der Waals surface area contributed by atoms with Crippen LogP contribution < -0.4 is 15.5 Å². The Bertz CT molecular complexity index is 881. The summed E-state index contributed by atoms with van der Waals surface area (Å²) in [6, 6.07) is 3.40. The van der Waals surface area contributed by atoms with Crippen LogP contribution in [0.2, 0.25) is 0 Å². The van der Waals surface area contributed by atoms with Gasteiger partial charge in [0, 0.05) is 37.8 Å². The largest absolute Gasteiger partial charge is 0.367 e. The number of carbonyl (C=O) groups is 1. The summed E-state index contributed by atoms with van der Waals surface area (Å²) in [5.41, 5.74) is -0.227. The second-order valence-electron chi connectivity index (χ2n) is 7.47. The number of nitrogens with zero attached hydrogens (tertiary/aromatic N) is 3. The summed E-state index contributed by atoms with van der Waals surface area (Å²) in [5.74, 6) is -2.68. The highest BCUT2D eigenvalue weighted by atomic mass is 35.5. The number of carbonyl (C=O) groups excluding carboxylic acids is 1. The maximum absolute atomic E-state index is 13.3. The highest BCUT2D eigenvalue weighted by Gasteiger charge is 2.24. The molecule has 1 saturated carbocycles. The molecule has 1 fully saturated rings. The number of amides is 1. The average molecular weight is 444 g/mol. The van der Waals surface area contributed by atoms with Gasteiger partial charge in [-0.25, -0.2) is 23.1 Å². The molecule has 30 heavy (non-hydrogen) atoms. The molecule has 1 aliphatic rings. The van der Waals surface area contributed by atoms with Gasteiger partial charge in [0.05, 0.1) is 0 Å². The molecule has 1 aromatic heterocycles. The lowest BCUT2D eigenvalue weighted by Crippen LogP contribution is -2.40. The first-order chi connectivity index (χ1) is 13.7. The fourth-order valence-electron chi connectivity index (χ4n) is 3.40. The van der Waals surface area contributed by atoms with Crippen molar-refractivity contribution in [3.05, 3.63) is 47.0 Å². The van der Waals surface area contributed by atoms with E-state index in [4.69, 9.17) is 0 Å². The maximum Gasteiger partial charge on any atom is 0.251 e. The van der Waals surface area contributed by atoms with Crippen molar-refractivity contribution in [2.75, 3.05) is 24.3 Å². The standard InChI is InChI=1S/C20H24F3N5O.ClH/c1-11-24-17(10-18(25-11)28(2)3)26-13-4-6-14(7-5-13)27-20(29)12-8-15(21)19(23)16(22)9-12;/h8-10,13-14H,4-7H2,1-3H3,(H,27,29)(H,24,25,26);1H. The molecule has 0 spiro atoms. The van der Waals surface area contributed by atoms with E-state index >= 15 is 0 Å². The van der Waals surface area contributed by atoms with Gasteiger partial charge in [-0.15, -0.1) is 12.4 Å². The molecule has 0 saturated heterocycles. The Kier molecular flexibility index (Phi) is 7.89. The number of aromatic nitrogens is 2. The van der Waals surface area contributed by atoms with Gasteiger partial charge < -0.3 is 15.5 Å². The SMILES string of the molecule is Cc1nc(NC2CCC(NC(=O)c3cc(F)c(F)c(F)c3)CC2)cc(N(C)C)n1.Cl. The number of nitrogens with one attached hydrogen (secondary N) is 2. The lowest BCUT2D eigenvalue weighted by atomic mass is 9.91. The minimum atomic E-state index is -1.58. The average Bonchev–Trinajstić information content (AvgIpc) is 2.66. The first-order valence-electron chi connectivity index (χ1n) is 9.48. The molecule has 2 aromatic rings. The van der Waals surface area contributed by atoms with Crippen LogP contribution >= 0.6 is 12.4 Å². The van der Waals surface area contributed by atoms with Crippen LogP contribution in [0.5, 0.6) is 0 Å². The smallest absolute Gasteiger partial charge is 0.251 e. The predicted octanol–water partition coefficient (Wildman–Crippen LogP) is 3.84. The van der Waals surface area contributed by atoms with Crippen LogP contribution in [-0.2, 0) is 0 Å². The minimum absolute atomic E-state index is 0. The molecule has 1 aliphatic carbocycles. The molecular formula is C20H25ClF3N5O. The Hall–Kier alpha value is -2.55. The van der Waals surface area contributed by atoms with Crippen molar-refractivity contribution in [1.82, 2.24) is 15.3 Å². The molecule has 0 radical (unpaired) electrons. The zero-order chi connectivity index (χ0) is 21.1. The fraction of sp³-hybridized carbons (Fsp3) is 0.450. The Morgan fingerprint density at radius 2 is 1.57 bits per heavy atom. The van der Waals surface area contributed by atoms with Crippen LogP contribution in [0.25, 0.3) is 0 Å². The molecule has 0 atom stereocenters. The monoisotopic (exact) mass is 443 g/mol. The van der Waals surface area contributed by atoms with Crippen molar-refractivity contribution in [2.45, 2.75) is 44.7 Å². The lowest BCUT2D eigenvalue weighted by Gasteiger charge is -2.30. The number of aryl methyl sites for hydroxylation is 1. The molecule has 2 N–H and O–H groups in total. The summed E-state index contributed by atoms with van der Waals surface area (Å²) in [5, 5.41) is 6.18. The molecule has 1 aromatic carbocycles. The molecule has 0 aliphatic heterocycles. The van der Waals surface area contributed by atoms with Crippen molar-refractivity contribution in [1.29, 1.82) is 0 Å². The highest BCUT2D eigenvalue weighted by molar-refractivity contribution is 5.94. The first-order valence-corrected chi connectivity index (χ1v) is 9.48. The van der Waals surface area contributed by atoms with Gasteiger partial charge in [0.2, 0.25) is 0 Å². The van der Waals surface area contributed by atoms with Crippen molar-refractivity contribution in [2.24, 2.45) is 0 Å². The van der Waals surface area contributed by atoms with Gasteiger partial charge in [-0.2, -0.15) is 0 Å². The molecule has 6 nitrogen and oxygen atoms in total. The normalized spacial score (nSPS) is 18.3. The van der Waals surface area contributed by atoms with Gasteiger partial charge in [-0.1, -0.05) is 0 Å². The van der Waals surface area contributed by atoms with Crippen LogP contribution in [0.1, 0.15) is 41.9 Å². The zero-order valence-corrected chi connectivity index (χ0v) is 17.8. The van der Waals surface area contributed by atoms with E-state index < -0.39 is 23.4 Å². The summed E-state index contributed by atoms with van der Waals surface area (Å²) in [4.78, 5) is 22.9. The number of anilines is 2. The molecule has 10 heteroatoms. The van der Waals surface area contributed by atoms with E-state index in [9.17, 15) is 18.0 Å². The highest BCUT2D eigenvalue weighted by Crippen LogP contribution is 2.23. The van der Waals surface area contributed by atoms with Crippen LogP contribution in [-0.4, -0.2) is 42.1 Å². The Balaban J connectivity index is 0.00000320. The van der Waals surface area contributed by atoms with Crippen LogP contribution in [0, 0.1) is 24.4 Å². The molecular weight excluding hydrogens is 419 g/mol. The van der Waals surface area contributed by atoms with Gasteiger partial charge in [-0.3, -0.25) is 4.79 Å². The lowest BCUT2D eigenvalue weighted by molar-refractivity contribution is 0.0925. The number of rotatable bonds is 5. The number of benzene rings is 1. The number of hydrogen-bond acceptors (Lipinski definition) is 5. The molecule has 1 amide bonds. The van der Waals surface area contributed by atoms with Crippen LogP contribution in [0.4, 0.5) is 24.8 Å². The predicted molar refractivity (Wildman–Crippen MR) is 112 cm³/mol. The van der Waals surface area contributed by atoms with Crippen molar-refractivity contribution < 1.29 is 18.0 Å². The van der Waals surface area contributed by atoms with Gasteiger partial charge in [0.15, 0.2) is 17.5 Å². The summed E-state index contributed by atoms with van der Waals surface area (Å²) in [6.45, 7) is 1.84. The van der Waals surface area contributed by atoms with E-state index in [1.165, 1.54) is 0 Å². The summed E-state index contributed by atoms with van der Waals surface area (Å²) in [6.07, 6.45) is 3.02. The van der Waals surface area contributed by atoms with Gasteiger partial charge in [0.25, 0.3) is 5.91 Å². The summed E-state index contributed by atoms with van der Waals surface area (Å²) in [7, 11) is 3.83. The van der Waals surface area contributed by atoms with E-state index in [1.54, 1.807) is 0 Å². The zero-order valence-electron chi connectivity index (χ0n) is 17.0. The Morgan fingerprint density at radius 3 is 2.13 bits per heavy atom. The number of halogens is 4. The van der Waals surface area contributed by atoms with Gasteiger partial charge >= 0.3 is 0 Å². The third-order valence-corrected chi connectivity index (χ3v) is 4.94. The second-order valence-corrected chi connectivity index (χ2v) is 7.47. The van der Waals surface area contributed by atoms with Gasteiger partial charge in [-0.05, 0) is 44.7 Å². The molecule has 0 unspecified atom stereocenters. The third-order valence-electron chi connectivity index (χ3n) is 4.94. The number of hydrogen-bond donors (Lipinski definition) is 2. The van der Waals surface area contributed by atoms with Crippen molar-refractivity contribution in [3.63, 3.8) is 0 Å². The second kappa shape index (κ2) is 9.97. The molecule has 3 rings (SSSR count). The van der Waals surface area contributed by atoms with Gasteiger partial charge in [0.1, 0.15) is 17.5 Å². The van der Waals surface area contributed by atoms with E-state index in [-0.39, 0.29) is 30.1 Å². The van der Waals surface area contributed by atoms with Crippen molar-refractivity contribution >= 4 is 29.9 Å². The summed E-state index contributed by atoms with van der Waals surface area (Å²) >= 11 is 0. The molecule has 0 bridgehead atoms. The van der Waals surface area contributed by atoms with Crippen LogP contribution in [0.3, 0.4) is 0 Å². The molecule has 164 valence electrons. The fourth-order valence-corrected chi connectivity index (χ4v) is 3.40. The summed E-state index contributed by atoms with van der Waals surface area (Å²) < 4.78 is 39.7. The topological polar surface area (TPSA) is 70.2 Å². The minimum Gasteiger partial charge on any atom is -0.367 e. The Morgan fingerprint density at radius 1 is 1.00 bits per heavy atom. The first kappa shape index (κ1) is 23.7. The molecule has 1 heterocycles. The Labute approximate surface area is 179 Å². The maximum atomic E-state index is 13.3. The van der Waals surface area contributed by atoms with E-state index in [1.807, 2.05) is 32.0 Å².